The second-order valence-electron chi connectivity index (χ2n) is 4.57. The standard InChI is InChI=1S/C13H17NO5/c1-2-18-7-9-3-4-14(6-9)12(15)11-5-10(8-19-11)13(16)17/h5,8-9H,2-4,6-7H2,1H3,(H,16,17). The Bertz CT molecular complexity index is 467. The molecular weight excluding hydrogens is 250 g/mol. The number of ether oxygens (including phenoxy) is 1. The fourth-order valence-corrected chi connectivity index (χ4v) is 2.15. The van der Waals surface area contributed by atoms with E-state index in [9.17, 15) is 9.59 Å². The number of nitrogens with zero attached hydrogens (tertiary/aromatic N) is 1. The molecule has 1 amide bonds. The van der Waals surface area contributed by atoms with Gasteiger partial charge in [-0.3, -0.25) is 4.79 Å². The Morgan fingerprint density at radius 2 is 2.37 bits per heavy atom. The molecule has 0 aliphatic carbocycles. The van der Waals surface area contributed by atoms with Crippen LogP contribution in [0.25, 0.3) is 0 Å². The zero-order valence-electron chi connectivity index (χ0n) is 10.8. The maximum absolute atomic E-state index is 12.1. The van der Waals surface area contributed by atoms with Gasteiger partial charge < -0.3 is 19.2 Å². The third kappa shape index (κ3) is 3.14. The van der Waals surface area contributed by atoms with Crippen LogP contribution in [0.3, 0.4) is 0 Å². The Balaban J connectivity index is 1.95. The van der Waals surface area contributed by atoms with Gasteiger partial charge in [-0.15, -0.1) is 0 Å². The first-order chi connectivity index (χ1) is 9.11. The normalized spacial score (nSPS) is 18.8. The first-order valence-corrected chi connectivity index (χ1v) is 6.30. The van der Waals surface area contributed by atoms with Gasteiger partial charge in [-0.2, -0.15) is 0 Å². The number of hydrogen-bond acceptors (Lipinski definition) is 4. The van der Waals surface area contributed by atoms with Gasteiger partial charge in [0, 0.05) is 31.7 Å². The van der Waals surface area contributed by atoms with E-state index in [0.29, 0.717) is 32.2 Å². The van der Waals surface area contributed by atoms with Crippen LogP contribution in [0.15, 0.2) is 16.7 Å². The zero-order valence-corrected chi connectivity index (χ0v) is 10.8. The highest BCUT2D eigenvalue weighted by molar-refractivity contribution is 5.95. The molecule has 1 aliphatic rings. The topological polar surface area (TPSA) is 80.0 Å². The Kier molecular flexibility index (Phi) is 4.21. The minimum Gasteiger partial charge on any atom is -0.478 e. The van der Waals surface area contributed by atoms with Gasteiger partial charge >= 0.3 is 5.97 Å². The summed E-state index contributed by atoms with van der Waals surface area (Å²) < 4.78 is 10.4. The lowest BCUT2D eigenvalue weighted by Gasteiger charge is -2.14. The van der Waals surface area contributed by atoms with Crippen LogP contribution in [0.5, 0.6) is 0 Å². The van der Waals surface area contributed by atoms with Gasteiger partial charge in [0.15, 0.2) is 5.76 Å². The molecule has 0 aromatic carbocycles. The molecule has 0 saturated carbocycles. The maximum atomic E-state index is 12.1. The molecule has 2 rings (SSSR count). The number of amides is 1. The van der Waals surface area contributed by atoms with Gasteiger partial charge in [-0.1, -0.05) is 0 Å². The average molecular weight is 267 g/mol. The predicted octanol–water partition coefficient (Wildman–Crippen LogP) is 1.48. The predicted molar refractivity (Wildman–Crippen MR) is 66.2 cm³/mol. The molecule has 1 unspecified atom stereocenters. The number of hydrogen-bond donors (Lipinski definition) is 1. The van der Waals surface area contributed by atoms with E-state index in [-0.39, 0.29) is 17.2 Å². The second kappa shape index (κ2) is 5.88. The number of carbonyl (C=O) groups is 2. The van der Waals surface area contributed by atoms with Gasteiger partial charge in [0.1, 0.15) is 6.26 Å². The number of rotatable bonds is 5. The third-order valence-corrected chi connectivity index (χ3v) is 3.19. The molecule has 2 heterocycles. The third-order valence-electron chi connectivity index (χ3n) is 3.19. The molecule has 104 valence electrons. The SMILES string of the molecule is CCOCC1CCN(C(=O)c2cc(C(=O)O)co2)C1. The molecule has 1 aromatic rings. The van der Waals surface area contributed by atoms with E-state index < -0.39 is 5.97 Å². The first kappa shape index (κ1) is 13.6. The first-order valence-electron chi connectivity index (χ1n) is 6.30. The highest BCUT2D eigenvalue weighted by atomic mass is 16.5. The fraction of sp³-hybridized carbons (Fsp3) is 0.538. The monoisotopic (exact) mass is 267 g/mol. The number of aromatic carboxylic acids is 1. The van der Waals surface area contributed by atoms with Crippen molar-refractivity contribution in [3.63, 3.8) is 0 Å². The van der Waals surface area contributed by atoms with Crippen LogP contribution in [0, 0.1) is 5.92 Å². The molecule has 1 N–H and O–H groups in total. The summed E-state index contributed by atoms with van der Waals surface area (Å²) in [6.45, 7) is 4.54. The minimum atomic E-state index is -1.10. The van der Waals surface area contributed by atoms with Crippen molar-refractivity contribution in [2.45, 2.75) is 13.3 Å². The van der Waals surface area contributed by atoms with E-state index in [0.717, 1.165) is 12.7 Å². The van der Waals surface area contributed by atoms with Crippen LogP contribution in [0.2, 0.25) is 0 Å². The van der Waals surface area contributed by atoms with Crippen molar-refractivity contribution in [1.29, 1.82) is 0 Å². The number of likely N-dealkylation sites (tertiary alicyclic amines) is 1. The molecule has 1 saturated heterocycles. The van der Waals surface area contributed by atoms with E-state index >= 15 is 0 Å². The van der Waals surface area contributed by atoms with E-state index in [1.807, 2.05) is 6.92 Å². The Morgan fingerprint density at radius 3 is 3.00 bits per heavy atom. The van der Waals surface area contributed by atoms with Crippen molar-refractivity contribution in [1.82, 2.24) is 4.90 Å². The number of carbonyl (C=O) groups excluding carboxylic acids is 1. The van der Waals surface area contributed by atoms with Crippen molar-refractivity contribution in [3.05, 3.63) is 23.7 Å². The average Bonchev–Trinajstić information content (AvgIpc) is 3.04. The van der Waals surface area contributed by atoms with E-state index in [1.165, 1.54) is 6.07 Å². The molecule has 1 fully saturated rings. The molecular formula is C13H17NO5. The number of carboxylic acid groups (broad SMARTS) is 1. The van der Waals surface area contributed by atoms with E-state index in [1.54, 1.807) is 4.90 Å². The van der Waals surface area contributed by atoms with Crippen LogP contribution < -0.4 is 0 Å². The summed E-state index contributed by atoms with van der Waals surface area (Å²) in [5.41, 5.74) is -0.00610. The molecule has 1 aromatic heterocycles. The molecule has 1 atom stereocenters. The van der Waals surface area contributed by atoms with Crippen molar-refractivity contribution in [2.24, 2.45) is 5.92 Å². The van der Waals surface area contributed by atoms with Crippen LogP contribution in [-0.4, -0.2) is 48.2 Å². The van der Waals surface area contributed by atoms with Crippen LogP contribution in [0.4, 0.5) is 0 Å². The summed E-state index contributed by atoms with van der Waals surface area (Å²) in [4.78, 5) is 24.5. The molecule has 0 radical (unpaired) electrons. The van der Waals surface area contributed by atoms with E-state index in [2.05, 4.69) is 0 Å². The Labute approximate surface area is 110 Å². The second-order valence-corrected chi connectivity index (χ2v) is 4.57. The molecule has 0 spiro atoms. The summed E-state index contributed by atoms with van der Waals surface area (Å²) in [6.07, 6.45) is 1.99. The van der Waals surface area contributed by atoms with Gasteiger partial charge in [0.2, 0.25) is 0 Å². The number of furan rings is 1. The van der Waals surface area contributed by atoms with Crippen LogP contribution in [-0.2, 0) is 4.74 Å². The molecule has 1 aliphatic heterocycles. The van der Waals surface area contributed by atoms with Crippen molar-refractivity contribution < 1.29 is 23.8 Å². The van der Waals surface area contributed by atoms with Gasteiger partial charge in [0.25, 0.3) is 5.91 Å². The molecule has 19 heavy (non-hydrogen) atoms. The van der Waals surface area contributed by atoms with Crippen molar-refractivity contribution in [3.8, 4) is 0 Å². The Morgan fingerprint density at radius 1 is 1.58 bits per heavy atom. The molecule has 6 heteroatoms. The van der Waals surface area contributed by atoms with Crippen LogP contribution >= 0.6 is 0 Å². The smallest absolute Gasteiger partial charge is 0.338 e. The zero-order chi connectivity index (χ0) is 13.8. The largest absolute Gasteiger partial charge is 0.478 e. The van der Waals surface area contributed by atoms with Crippen molar-refractivity contribution in [2.75, 3.05) is 26.3 Å². The lowest BCUT2D eigenvalue weighted by molar-refractivity contribution is 0.0694. The van der Waals surface area contributed by atoms with Gasteiger partial charge in [0.05, 0.1) is 12.2 Å². The Hall–Kier alpha value is -1.82. The number of carboxylic acids is 1. The fourth-order valence-electron chi connectivity index (χ4n) is 2.15. The van der Waals surface area contributed by atoms with Gasteiger partial charge in [-0.05, 0) is 13.3 Å². The summed E-state index contributed by atoms with van der Waals surface area (Å²) in [6, 6.07) is 1.26. The molecule has 0 bridgehead atoms. The van der Waals surface area contributed by atoms with Crippen LogP contribution in [0.1, 0.15) is 34.3 Å². The van der Waals surface area contributed by atoms with Crippen molar-refractivity contribution >= 4 is 11.9 Å². The summed E-state index contributed by atoms with van der Waals surface area (Å²) in [5.74, 6) is -0.933. The lowest BCUT2D eigenvalue weighted by atomic mass is 10.1. The highest BCUT2D eigenvalue weighted by Gasteiger charge is 2.29. The summed E-state index contributed by atoms with van der Waals surface area (Å²) >= 11 is 0. The maximum Gasteiger partial charge on any atom is 0.338 e. The summed E-state index contributed by atoms with van der Waals surface area (Å²) in [7, 11) is 0. The minimum absolute atomic E-state index is 0.00610. The van der Waals surface area contributed by atoms with E-state index in [4.69, 9.17) is 14.3 Å². The lowest BCUT2D eigenvalue weighted by Crippen LogP contribution is -2.29. The quantitative estimate of drug-likeness (QED) is 0.874. The highest BCUT2D eigenvalue weighted by Crippen LogP contribution is 2.20. The summed E-state index contributed by atoms with van der Waals surface area (Å²) in [5, 5.41) is 8.78. The molecule has 6 nitrogen and oxygen atoms in total. The van der Waals surface area contributed by atoms with Gasteiger partial charge in [-0.25, -0.2) is 4.79 Å².